The van der Waals surface area contributed by atoms with Crippen molar-refractivity contribution in [2.75, 3.05) is 0 Å². The van der Waals surface area contributed by atoms with E-state index < -0.39 is 0 Å². The molecule has 2 aliphatic carbocycles. The number of allylic oxidation sites excluding steroid dienone is 2. The van der Waals surface area contributed by atoms with Crippen LogP contribution in [-0.4, -0.2) is 11.6 Å². The van der Waals surface area contributed by atoms with Crippen LogP contribution in [0, 0.1) is 0 Å². The Morgan fingerprint density at radius 1 is 1.00 bits per heavy atom. The molecular weight excluding hydrogens is 339 g/mol. The lowest BCUT2D eigenvalue weighted by atomic mass is 9.87. The van der Waals surface area contributed by atoms with E-state index in [-0.39, 0.29) is 15.5 Å². The number of carbonyl (C=O) groups excluding carboxylic acids is 2. The summed E-state index contributed by atoms with van der Waals surface area (Å²) in [7, 11) is 0. The largest absolute Gasteiger partial charge is 0.285 e. The lowest BCUT2D eigenvalue weighted by Crippen LogP contribution is -2.18. The minimum absolute atomic E-state index is 0.171. The molecule has 0 saturated carbocycles. The van der Waals surface area contributed by atoms with E-state index in [0.29, 0.717) is 5.56 Å². The molecule has 3 rings (SSSR count). The van der Waals surface area contributed by atoms with Gasteiger partial charge in [-0.1, -0.05) is 46.9 Å². The Hall–Kier alpha value is -0.970. The number of benzene rings is 1. The zero-order valence-corrected chi connectivity index (χ0v) is 12.1. The highest BCUT2D eigenvalue weighted by Gasteiger charge is 2.34. The fraction of sp³-hybridized carbons (Fsp3) is 0.333. The van der Waals surface area contributed by atoms with Gasteiger partial charge in [0.05, 0.1) is 3.92 Å². The quantitative estimate of drug-likeness (QED) is 0.404. The highest BCUT2D eigenvalue weighted by molar-refractivity contribution is 14.1. The van der Waals surface area contributed by atoms with E-state index in [0.717, 1.165) is 36.8 Å². The van der Waals surface area contributed by atoms with Crippen molar-refractivity contribution in [3.05, 3.63) is 46.5 Å². The van der Waals surface area contributed by atoms with Gasteiger partial charge in [0.2, 0.25) is 11.6 Å². The smallest absolute Gasteiger partial charge is 0.233 e. The van der Waals surface area contributed by atoms with Gasteiger partial charge < -0.3 is 0 Å². The lowest BCUT2D eigenvalue weighted by Gasteiger charge is -2.21. The molecule has 3 heteroatoms. The third-order valence-electron chi connectivity index (χ3n) is 3.78. The van der Waals surface area contributed by atoms with E-state index in [1.165, 1.54) is 5.57 Å². The number of fused-ring (bicyclic) bond motifs is 1. The van der Waals surface area contributed by atoms with Crippen LogP contribution in [0.2, 0.25) is 0 Å². The number of Topliss-reactive ketones (excluding diaryl/α,β-unsaturated/α-hetero) is 2. The summed E-state index contributed by atoms with van der Waals surface area (Å²) in [6, 6.07) is 7.52. The third kappa shape index (κ3) is 1.76. The van der Waals surface area contributed by atoms with Crippen molar-refractivity contribution in [1.29, 1.82) is 0 Å². The lowest BCUT2D eigenvalue weighted by molar-refractivity contribution is -0.112. The van der Waals surface area contributed by atoms with E-state index >= 15 is 0 Å². The van der Waals surface area contributed by atoms with Crippen molar-refractivity contribution < 1.29 is 9.59 Å². The van der Waals surface area contributed by atoms with E-state index in [2.05, 4.69) is 22.6 Å². The molecule has 0 saturated heterocycles. The molecule has 0 spiro atoms. The number of ketones is 2. The molecule has 0 N–H and O–H groups in total. The molecule has 2 nitrogen and oxygen atoms in total. The summed E-state index contributed by atoms with van der Waals surface area (Å²) >= 11 is 2.37. The van der Waals surface area contributed by atoms with Crippen molar-refractivity contribution in [1.82, 2.24) is 0 Å². The fourth-order valence-corrected chi connectivity index (χ4v) is 4.07. The van der Waals surface area contributed by atoms with Crippen LogP contribution in [0.1, 0.15) is 45.5 Å². The number of hydrogen-bond donors (Lipinski definition) is 0. The van der Waals surface area contributed by atoms with Crippen molar-refractivity contribution in [3.8, 4) is 0 Å². The summed E-state index contributed by atoms with van der Waals surface area (Å²) in [6.07, 6.45) is 3.88. The van der Waals surface area contributed by atoms with Crippen LogP contribution in [0.3, 0.4) is 0 Å². The molecule has 0 amide bonds. The second-order valence-electron chi connectivity index (χ2n) is 4.82. The second kappa shape index (κ2) is 4.61. The zero-order valence-electron chi connectivity index (χ0n) is 9.91. The normalized spacial score (nSPS) is 23.5. The Bertz CT molecular complexity index is 572. The summed E-state index contributed by atoms with van der Waals surface area (Å²) in [5, 5.41) is 0. The van der Waals surface area contributed by atoms with Crippen LogP contribution in [-0.2, 0) is 4.79 Å². The average molecular weight is 352 g/mol. The Kier molecular flexibility index (Phi) is 3.09. The molecule has 0 fully saturated rings. The summed E-state index contributed by atoms with van der Waals surface area (Å²) in [4.78, 5) is 24.5. The molecule has 0 bridgehead atoms. The predicted octanol–water partition coefficient (Wildman–Crippen LogP) is 3.80. The minimum Gasteiger partial charge on any atom is -0.285 e. The van der Waals surface area contributed by atoms with Gasteiger partial charge in [0.15, 0.2) is 0 Å². The second-order valence-corrected chi connectivity index (χ2v) is 6.06. The molecular formula is C15H13IO2. The van der Waals surface area contributed by atoms with Crippen LogP contribution in [0.4, 0.5) is 0 Å². The maximum atomic E-state index is 12.3. The fourth-order valence-electron chi connectivity index (χ4n) is 2.84. The molecule has 1 aromatic rings. The number of halogens is 1. The maximum Gasteiger partial charge on any atom is 0.233 e. The van der Waals surface area contributed by atoms with Gasteiger partial charge in [0.25, 0.3) is 0 Å². The van der Waals surface area contributed by atoms with Gasteiger partial charge in [-0.3, -0.25) is 9.59 Å². The monoisotopic (exact) mass is 352 g/mol. The number of rotatable bonds is 0. The van der Waals surface area contributed by atoms with Gasteiger partial charge >= 0.3 is 0 Å². The van der Waals surface area contributed by atoms with Crippen LogP contribution in [0.5, 0.6) is 0 Å². The Balaban J connectivity index is 2.23. The van der Waals surface area contributed by atoms with Gasteiger partial charge in [-0.25, -0.2) is 0 Å². The first-order valence-electron chi connectivity index (χ1n) is 6.24. The first kappa shape index (κ1) is 12.1. The standard InChI is InChI=1S/C15H13IO2/c16-13-9-5-1-3-7-11(9)14(17)15(18)12-8-4-2-6-10(12)13/h1,3,5,7,13H,2,4,6,8H2. The number of hydrogen-bond acceptors (Lipinski definition) is 2. The van der Waals surface area contributed by atoms with Crippen LogP contribution in [0.15, 0.2) is 35.4 Å². The summed E-state index contributed by atoms with van der Waals surface area (Å²) < 4.78 is 0.171. The molecule has 1 atom stereocenters. The molecule has 92 valence electrons. The van der Waals surface area contributed by atoms with E-state index in [1.54, 1.807) is 6.07 Å². The number of carbonyl (C=O) groups is 2. The Labute approximate surface area is 120 Å². The molecule has 0 heterocycles. The molecule has 2 aliphatic rings. The highest BCUT2D eigenvalue weighted by Crippen LogP contribution is 2.43. The van der Waals surface area contributed by atoms with Crippen molar-refractivity contribution >= 4 is 34.2 Å². The zero-order chi connectivity index (χ0) is 12.7. The van der Waals surface area contributed by atoms with Gasteiger partial charge in [-0.05, 0) is 36.8 Å². The van der Waals surface area contributed by atoms with Crippen LogP contribution < -0.4 is 0 Å². The summed E-state index contributed by atoms with van der Waals surface area (Å²) in [5.74, 6) is -0.588. The molecule has 0 aliphatic heterocycles. The summed E-state index contributed by atoms with van der Waals surface area (Å²) in [5.41, 5.74) is 3.58. The van der Waals surface area contributed by atoms with E-state index in [4.69, 9.17) is 0 Å². The summed E-state index contributed by atoms with van der Waals surface area (Å²) in [6.45, 7) is 0. The SMILES string of the molecule is O=C1C(=O)c2ccccc2C(I)C2=C1CCCC2. The number of alkyl halides is 1. The molecule has 1 unspecified atom stereocenters. The Morgan fingerprint density at radius 2 is 1.72 bits per heavy atom. The average Bonchev–Trinajstić information content (AvgIpc) is 2.51. The van der Waals surface area contributed by atoms with E-state index in [9.17, 15) is 9.59 Å². The van der Waals surface area contributed by atoms with Crippen molar-refractivity contribution in [2.45, 2.75) is 29.6 Å². The van der Waals surface area contributed by atoms with Gasteiger partial charge in [-0.2, -0.15) is 0 Å². The maximum absolute atomic E-state index is 12.3. The van der Waals surface area contributed by atoms with Gasteiger partial charge in [-0.15, -0.1) is 0 Å². The van der Waals surface area contributed by atoms with Gasteiger partial charge in [0.1, 0.15) is 0 Å². The first-order valence-corrected chi connectivity index (χ1v) is 7.48. The van der Waals surface area contributed by atoms with Crippen LogP contribution in [0.25, 0.3) is 0 Å². The van der Waals surface area contributed by atoms with Crippen molar-refractivity contribution in [3.63, 3.8) is 0 Å². The molecule has 18 heavy (non-hydrogen) atoms. The molecule has 0 aromatic heterocycles. The topological polar surface area (TPSA) is 34.1 Å². The molecule has 0 radical (unpaired) electrons. The van der Waals surface area contributed by atoms with E-state index in [1.807, 2.05) is 18.2 Å². The molecule has 1 aromatic carbocycles. The minimum atomic E-state index is -0.320. The van der Waals surface area contributed by atoms with Crippen molar-refractivity contribution in [2.24, 2.45) is 0 Å². The first-order chi connectivity index (χ1) is 8.70. The predicted molar refractivity (Wildman–Crippen MR) is 78.0 cm³/mol. The van der Waals surface area contributed by atoms with Crippen LogP contribution >= 0.6 is 22.6 Å². The third-order valence-corrected chi connectivity index (χ3v) is 5.20. The Morgan fingerprint density at radius 3 is 2.56 bits per heavy atom. The highest BCUT2D eigenvalue weighted by atomic mass is 127. The van der Waals surface area contributed by atoms with Gasteiger partial charge in [0, 0.05) is 11.1 Å².